The molecule has 4 nitrogen and oxygen atoms in total. The molecule has 1 saturated heterocycles. The van der Waals surface area contributed by atoms with Crippen LogP contribution in [0.25, 0.3) is 0 Å². The number of para-hydroxylation sites is 1. The highest BCUT2D eigenvalue weighted by atomic mass is 16.5. The average molecular weight is 332 g/mol. The second-order valence-corrected chi connectivity index (χ2v) is 6.96. The predicted molar refractivity (Wildman–Crippen MR) is 98.3 cm³/mol. The third-order valence-electron chi connectivity index (χ3n) is 4.93. The molecule has 1 unspecified atom stereocenters. The topological polar surface area (TPSA) is 41.6 Å². The molecule has 1 amide bonds. The molecule has 4 heteroatoms. The first-order valence-electron chi connectivity index (χ1n) is 9.24. The lowest BCUT2D eigenvalue weighted by atomic mass is 9.94. The van der Waals surface area contributed by atoms with E-state index in [1.54, 1.807) is 7.11 Å². The largest absolute Gasteiger partial charge is 0.496 e. The van der Waals surface area contributed by atoms with Crippen LogP contribution in [0.1, 0.15) is 38.7 Å². The highest BCUT2D eigenvalue weighted by Crippen LogP contribution is 2.23. The van der Waals surface area contributed by atoms with Crippen molar-refractivity contribution in [1.82, 2.24) is 10.2 Å². The van der Waals surface area contributed by atoms with E-state index in [1.165, 1.54) is 5.56 Å². The fraction of sp³-hybridized carbons (Fsp3) is 0.650. The van der Waals surface area contributed by atoms with Gasteiger partial charge in [-0.2, -0.15) is 0 Å². The van der Waals surface area contributed by atoms with Gasteiger partial charge in [-0.15, -0.1) is 0 Å². The number of benzene rings is 1. The number of hydrogen-bond acceptors (Lipinski definition) is 3. The number of nitrogens with zero attached hydrogens (tertiary/aromatic N) is 1. The third kappa shape index (κ3) is 5.52. The summed E-state index contributed by atoms with van der Waals surface area (Å²) in [6.45, 7) is 8.24. The molecular formula is C20H32N2O2. The Morgan fingerprint density at radius 3 is 2.71 bits per heavy atom. The zero-order valence-electron chi connectivity index (χ0n) is 15.4. The average Bonchev–Trinajstić information content (AvgIpc) is 2.60. The van der Waals surface area contributed by atoms with Gasteiger partial charge in [-0.25, -0.2) is 0 Å². The summed E-state index contributed by atoms with van der Waals surface area (Å²) in [4.78, 5) is 14.6. The van der Waals surface area contributed by atoms with E-state index in [1.807, 2.05) is 18.2 Å². The third-order valence-corrected chi connectivity index (χ3v) is 4.93. The van der Waals surface area contributed by atoms with Crippen LogP contribution in [-0.2, 0) is 11.2 Å². The molecule has 0 bridgehead atoms. The smallest absolute Gasteiger partial charge is 0.222 e. The first-order valence-corrected chi connectivity index (χ1v) is 9.24. The maximum Gasteiger partial charge on any atom is 0.222 e. The Labute approximate surface area is 146 Å². The quantitative estimate of drug-likeness (QED) is 0.795. The normalized spacial score (nSPS) is 16.9. The van der Waals surface area contributed by atoms with Gasteiger partial charge < -0.3 is 15.0 Å². The number of likely N-dealkylation sites (tertiary alicyclic amines) is 1. The van der Waals surface area contributed by atoms with Crippen molar-refractivity contribution in [3.63, 3.8) is 0 Å². The molecule has 1 aromatic carbocycles. The standard InChI is InChI=1S/C20H32N2O2/c1-4-21-15-17-9-11-22(12-10-17)20(23)14-16(2)13-18-7-5-6-8-19(18)24-3/h5-8,16-17,21H,4,9-15H2,1-3H3. The van der Waals surface area contributed by atoms with E-state index in [-0.39, 0.29) is 0 Å². The van der Waals surface area contributed by atoms with E-state index in [0.717, 1.165) is 57.1 Å². The van der Waals surface area contributed by atoms with E-state index in [9.17, 15) is 4.79 Å². The number of piperidine rings is 1. The van der Waals surface area contributed by atoms with Crippen molar-refractivity contribution >= 4 is 5.91 Å². The van der Waals surface area contributed by atoms with Crippen molar-refractivity contribution in [2.45, 2.75) is 39.5 Å². The zero-order chi connectivity index (χ0) is 17.4. The van der Waals surface area contributed by atoms with Gasteiger partial charge in [-0.05, 0) is 55.8 Å². The van der Waals surface area contributed by atoms with Gasteiger partial charge in [0, 0.05) is 19.5 Å². The van der Waals surface area contributed by atoms with Gasteiger partial charge in [0.25, 0.3) is 0 Å². The summed E-state index contributed by atoms with van der Waals surface area (Å²) in [5.74, 6) is 2.27. The van der Waals surface area contributed by atoms with Crippen molar-refractivity contribution in [2.75, 3.05) is 33.3 Å². The monoisotopic (exact) mass is 332 g/mol. The summed E-state index contributed by atoms with van der Waals surface area (Å²) in [5, 5.41) is 3.42. The number of nitrogens with one attached hydrogen (secondary N) is 1. The van der Waals surface area contributed by atoms with Crippen LogP contribution < -0.4 is 10.1 Å². The number of amides is 1. The van der Waals surface area contributed by atoms with Gasteiger partial charge in [0.15, 0.2) is 0 Å². The Bertz CT molecular complexity index is 510. The predicted octanol–water partition coefficient (Wildman–Crippen LogP) is 3.11. The molecule has 1 N–H and O–H groups in total. The number of carbonyl (C=O) groups is 1. The van der Waals surface area contributed by atoms with Crippen LogP contribution in [0.4, 0.5) is 0 Å². The highest BCUT2D eigenvalue weighted by Gasteiger charge is 2.23. The number of methoxy groups -OCH3 is 1. The van der Waals surface area contributed by atoms with Crippen LogP contribution in [0.2, 0.25) is 0 Å². The summed E-state index contributed by atoms with van der Waals surface area (Å²) in [6, 6.07) is 8.09. The van der Waals surface area contributed by atoms with Crippen LogP contribution in [0.5, 0.6) is 5.75 Å². The molecule has 1 atom stereocenters. The fourth-order valence-corrected chi connectivity index (χ4v) is 3.48. The van der Waals surface area contributed by atoms with Gasteiger partial charge in [0.1, 0.15) is 5.75 Å². The summed E-state index contributed by atoms with van der Waals surface area (Å²) >= 11 is 0. The van der Waals surface area contributed by atoms with Crippen LogP contribution in [0, 0.1) is 11.8 Å². The van der Waals surface area contributed by atoms with Crippen LogP contribution >= 0.6 is 0 Å². The minimum atomic E-state index is 0.305. The van der Waals surface area contributed by atoms with Gasteiger partial charge >= 0.3 is 0 Å². The summed E-state index contributed by atoms with van der Waals surface area (Å²) in [6.07, 6.45) is 3.75. The second-order valence-electron chi connectivity index (χ2n) is 6.96. The first kappa shape index (κ1) is 18.8. The summed E-state index contributed by atoms with van der Waals surface area (Å²) in [7, 11) is 1.70. The molecular weight excluding hydrogens is 300 g/mol. The zero-order valence-corrected chi connectivity index (χ0v) is 15.4. The lowest BCUT2D eigenvalue weighted by Gasteiger charge is -2.32. The molecule has 1 fully saturated rings. The number of carbonyl (C=O) groups excluding carboxylic acids is 1. The molecule has 24 heavy (non-hydrogen) atoms. The molecule has 0 radical (unpaired) electrons. The Balaban J connectivity index is 1.78. The molecule has 134 valence electrons. The Kier molecular flexibility index (Phi) is 7.57. The fourth-order valence-electron chi connectivity index (χ4n) is 3.48. The van der Waals surface area contributed by atoms with E-state index in [0.29, 0.717) is 18.2 Å². The molecule has 1 aliphatic rings. The van der Waals surface area contributed by atoms with Crippen molar-refractivity contribution < 1.29 is 9.53 Å². The summed E-state index contributed by atoms with van der Waals surface area (Å²) < 4.78 is 5.41. The Hall–Kier alpha value is -1.55. The maximum absolute atomic E-state index is 12.6. The lowest BCUT2D eigenvalue weighted by molar-refractivity contribution is -0.133. The van der Waals surface area contributed by atoms with Crippen molar-refractivity contribution in [1.29, 1.82) is 0 Å². The van der Waals surface area contributed by atoms with Crippen LogP contribution in [0.15, 0.2) is 24.3 Å². The second kappa shape index (κ2) is 9.67. The SMILES string of the molecule is CCNCC1CCN(C(=O)CC(C)Cc2ccccc2OC)CC1. The lowest BCUT2D eigenvalue weighted by Crippen LogP contribution is -2.41. The molecule has 0 saturated carbocycles. The molecule has 0 aromatic heterocycles. The molecule has 2 rings (SSSR count). The van der Waals surface area contributed by atoms with Gasteiger partial charge in [0.05, 0.1) is 7.11 Å². The van der Waals surface area contributed by atoms with E-state index < -0.39 is 0 Å². The number of ether oxygens (including phenoxy) is 1. The van der Waals surface area contributed by atoms with Gasteiger partial charge in [0.2, 0.25) is 5.91 Å². The van der Waals surface area contributed by atoms with E-state index in [4.69, 9.17) is 4.74 Å². The van der Waals surface area contributed by atoms with Gasteiger partial charge in [-0.3, -0.25) is 4.79 Å². The molecule has 0 spiro atoms. The Morgan fingerprint density at radius 1 is 1.33 bits per heavy atom. The van der Waals surface area contributed by atoms with Crippen LogP contribution in [0.3, 0.4) is 0 Å². The first-order chi connectivity index (χ1) is 11.6. The van der Waals surface area contributed by atoms with Crippen LogP contribution in [-0.4, -0.2) is 44.1 Å². The summed E-state index contributed by atoms with van der Waals surface area (Å²) in [5.41, 5.74) is 1.18. The van der Waals surface area contributed by atoms with Crippen molar-refractivity contribution in [3.8, 4) is 5.75 Å². The van der Waals surface area contributed by atoms with Crippen molar-refractivity contribution in [2.24, 2.45) is 11.8 Å². The minimum Gasteiger partial charge on any atom is -0.496 e. The highest BCUT2D eigenvalue weighted by molar-refractivity contribution is 5.76. The molecule has 1 heterocycles. The van der Waals surface area contributed by atoms with Gasteiger partial charge in [-0.1, -0.05) is 32.0 Å². The molecule has 0 aliphatic carbocycles. The number of hydrogen-bond donors (Lipinski definition) is 1. The van der Waals surface area contributed by atoms with E-state index >= 15 is 0 Å². The minimum absolute atomic E-state index is 0.305. The molecule has 1 aromatic rings. The maximum atomic E-state index is 12.6. The van der Waals surface area contributed by atoms with Crippen molar-refractivity contribution in [3.05, 3.63) is 29.8 Å². The molecule has 1 aliphatic heterocycles. The number of rotatable bonds is 8. The Morgan fingerprint density at radius 2 is 2.04 bits per heavy atom. The van der Waals surface area contributed by atoms with E-state index in [2.05, 4.69) is 30.1 Å².